The average molecular weight is 441 g/mol. The monoisotopic (exact) mass is 440 g/mol. The lowest BCUT2D eigenvalue weighted by molar-refractivity contribution is -0.0500. The van der Waals surface area contributed by atoms with Crippen LogP contribution < -0.4 is 15.8 Å². The summed E-state index contributed by atoms with van der Waals surface area (Å²) < 4.78 is 30.4. The van der Waals surface area contributed by atoms with Crippen LogP contribution in [0.2, 0.25) is 0 Å². The van der Waals surface area contributed by atoms with Crippen LogP contribution in [0.5, 0.6) is 5.75 Å². The molecule has 0 bridgehead atoms. The lowest BCUT2D eigenvalue weighted by Crippen LogP contribution is -2.47. The summed E-state index contributed by atoms with van der Waals surface area (Å²) in [6.07, 6.45) is 3.08. The summed E-state index contributed by atoms with van der Waals surface area (Å²) in [6, 6.07) is 2.56. The molecule has 3 N–H and O–H groups in total. The second-order valence-corrected chi connectivity index (χ2v) is 9.24. The molecule has 29 heavy (non-hydrogen) atoms. The second kappa shape index (κ2) is 7.10. The van der Waals surface area contributed by atoms with Crippen molar-refractivity contribution in [2.75, 3.05) is 12.4 Å². The number of hydrogen-bond donors (Lipinski definition) is 2. The number of halogens is 2. The fraction of sp³-hybridized carbons (Fsp3) is 0.412. The number of nitrogens with zero attached hydrogens (tertiary/aromatic N) is 4. The maximum Gasteiger partial charge on any atom is 0.387 e. The first-order valence-electron chi connectivity index (χ1n) is 8.69. The summed E-state index contributed by atoms with van der Waals surface area (Å²) in [5, 5.41) is 5.17. The Morgan fingerprint density at radius 3 is 2.79 bits per heavy atom. The Balaban J connectivity index is 1.50. The molecule has 1 saturated carbocycles. The smallest absolute Gasteiger partial charge is 0.387 e. The van der Waals surface area contributed by atoms with Crippen molar-refractivity contribution in [3.63, 3.8) is 0 Å². The molecule has 1 aliphatic heterocycles. The minimum absolute atomic E-state index is 0.0585. The summed E-state index contributed by atoms with van der Waals surface area (Å²) >= 11 is 3.07. The van der Waals surface area contributed by atoms with Crippen LogP contribution in [0.25, 0.3) is 0 Å². The van der Waals surface area contributed by atoms with Crippen LogP contribution in [0, 0.1) is 0 Å². The standard InChI is InChI=1S/C17H18F2N6O2S2/c1-16(17(5-6-17)29-25(2)15(20)24-16)13-23-11(8-28-13)22-12(26)10-4-3-9(7-21-10)27-14(18)19/h3-4,7-8,14H,5-6H2,1-2H3,(H2,20,24)(H,22,26)/t16-/m1/s1. The number of guanidine groups is 1. The van der Waals surface area contributed by atoms with Crippen LogP contribution in [-0.4, -0.2) is 44.5 Å². The first-order chi connectivity index (χ1) is 13.7. The highest BCUT2D eigenvalue weighted by molar-refractivity contribution is 7.99. The zero-order valence-corrected chi connectivity index (χ0v) is 17.2. The highest BCUT2D eigenvalue weighted by Crippen LogP contribution is 2.63. The molecular weight excluding hydrogens is 422 g/mol. The van der Waals surface area contributed by atoms with Crippen molar-refractivity contribution >= 4 is 41.0 Å². The molecular formula is C17H18F2N6O2S2. The Morgan fingerprint density at radius 2 is 2.17 bits per heavy atom. The summed E-state index contributed by atoms with van der Waals surface area (Å²) in [5.74, 6) is 0.188. The number of ether oxygens (including phenoxy) is 1. The predicted molar refractivity (Wildman–Crippen MR) is 107 cm³/mol. The lowest BCUT2D eigenvalue weighted by Gasteiger charge is -2.40. The van der Waals surface area contributed by atoms with E-state index in [2.05, 4.69) is 20.0 Å². The van der Waals surface area contributed by atoms with Crippen molar-refractivity contribution in [3.8, 4) is 5.75 Å². The molecule has 1 amide bonds. The van der Waals surface area contributed by atoms with Gasteiger partial charge in [-0.2, -0.15) is 8.78 Å². The van der Waals surface area contributed by atoms with Crippen LogP contribution in [-0.2, 0) is 5.54 Å². The van der Waals surface area contributed by atoms with Crippen LogP contribution in [0.4, 0.5) is 14.6 Å². The topological polar surface area (TPSA) is 106 Å². The number of amides is 1. The van der Waals surface area contributed by atoms with E-state index < -0.39 is 18.1 Å². The van der Waals surface area contributed by atoms with Gasteiger partial charge in [0.2, 0.25) is 5.96 Å². The SMILES string of the molecule is CN1SC2(CC2)[C@@](C)(c2nc(NC(=O)c3ccc(OC(F)F)cn3)cs2)N=C1N. The zero-order valence-electron chi connectivity index (χ0n) is 15.6. The van der Waals surface area contributed by atoms with Gasteiger partial charge in [0.1, 0.15) is 27.8 Å². The maximum atomic E-state index is 12.4. The first-order valence-corrected chi connectivity index (χ1v) is 10.3. The fourth-order valence-electron chi connectivity index (χ4n) is 3.16. The first kappa shape index (κ1) is 19.8. The number of carbonyl (C=O) groups is 1. The quantitative estimate of drug-likeness (QED) is 0.689. The van der Waals surface area contributed by atoms with Gasteiger partial charge in [-0.3, -0.25) is 9.10 Å². The van der Waals surface area contributed by atoms with Gasteiger partial charge in [0.05, 0.1) is 10.9 Å². The molecule has 0 aromatic carbocycles. The minimum atomic E-state index is -2.95. The van der Waals surface area contributed by atoms with Gasteiger partial charge in [0.25, 0.3) is 5.91 Å². The highest BCUT2D eigenvalue weighted by atomic mass is 32.2. The van der Waals surface area contributed by atoms with Crippen molar-refractivity contribution in [2.45, 2.75) is 36.7 Å². The van der Waals surface area contributed by atoms with E-state index in [-0.39, 0.29) is 16.2 Å². The van der Waals surface area contributed by atoms with Crippen molar-refractivity contribution in [1.29, 1.82) is 0 Å². The van der Waals surface area contributed by atoms with Crippen molar-refractivity contribution < 1.29 is 18.3 Å². The van der Waals surface area contributed by atoms with Crippen LogP contribution in [0.3, 0.4) is 0 Å². The second-order valence-electron chi connectivity index (χ2n) is 6.87. The summed E-state index contributed by atoms with van der Waals surface area (Å²) in [5.41, 5.74) is 5.53. The Bertz CT molecular complexity index is 963. The van der Waals surface area contributed by atoms with Gasteiger partial charge in [0.15, 0.2) is 0 Å². The molecule has 1 atom stereocenters. The van der Waals surface area contributed by atoms with E-state index in [4.69, 9.17) is 10.7 Å². The van der Waals surface area contributed by atoms with Crippen LogP contribution in [0.1, 0.15) is 35.3 Å². The molecule has 1 aliphatic carbocycles. The normalized spacial score (nSPS) is 22.5. The third-order valence-corrected chi connectivity index (χ3v) is 7.59. The number of nitrogens with one attached hydrogen (secondary N) is 1. The number of aliphatic imine (C=N–C) groups is 1. The predicted octanol–water partition coefficient (Wildman–Crippen LogP) is 3.05. The van der Waals surface area contributed by atoms with E-state index in [0.717, 1.165) is 24.0 Å². The Hall–Kier alpha value is -2.47. The van der Waals surface area contributed by atoms with Gasteiger partial charge in [-0.05, 0) is 43.8 Å². The minimum Gasteiger partial charge on any atom is -0.433 e. The Morgan fingerprint density at radius 1 is 1.41 bits per heavy atom. The molecule has 1 spiro atoms. The summed E-state index contributed by atoms with van der Waals surface area (Å²) in [4.78, 5) is 25.5. The van der Waals surface area contributed by atoms with E-state index in [1.807, 2.05) is 18.3 Å². The third kappa shape index (κ3) is 3.62. The average Bonchev–Trinajstić information content (AvgIpc) is 3.29. The molecule has 0 saturated heterocycles. The number of rotatable bonds is 5. The molecule has 3 heterocycles. The van der Waals surface area contributed by atoms with E-state index in [1.165, 1.54) is 23.5 Å². The van der Waals surface area contributed by atoms with E-state index in [0.29, 0.717) is 11.8 Å². The fourth-order valence-corrected chi connectivity index (χ4v) is 5.44. The Labute approximate surface area is 173 Å². The number of carbonyl (C=O) groups excluding carboxylic acids is 1. The van der Waals surface area contributed by atoms with Crippen LogP contribution in [0.15, 0.2) is 28.7 Å². The number of alkyl halides is 2. The summed E-state index contributed by atoms with van der Waals surface area (Å²) in [7, 11) is 1.89. The van der Waals surface area contributed by atoms with E-state index in [9.17, 15) is 13.6 Å². The van der Waals surface area contributed by atoms with E-state index in [1.54, 1.807) is 17.3 Å². The largest absolute Gasteiger partial charge is 0.433 e. The highest BCUT2D eigenvalue weighted by Gasteiger charge is 2.63. The number of thiazole rings is 1. The molecule has 4 rings (SSSR count). The number of aromatic nitrogens is 2. The zero-order chi connectivity index (χ0) is 20.8. The number of anilines is 1. The molecule has 0 radical (unpaired) electrons. The van der Waals surface area contributed by atoms with Gasteiger partial charge in [-0.1, -0.05) is 0 Å². The summed E-state index contributed by atoms with van der Waals surface area (Å²) in [6.45, 7) is -0.934. The molecule has 2 aromatic rings. The molecule has 2 aliphatic rings. The van der Waals surface area contributed by atoms with Crippen LogP contribution >= 0.6 is 23.3 Å². The maximum absolute atomic E-state index is 12.4. The Kier molecular flexibility index (Phi) is 4.85. The van der Waals surface area contributed by atoms with Crippen molar-refractivity contribution in [1.82, 2.24) is 14.3 Å². The van der Waals surface area contributed by atoms with Gasteiger partial charge < -0.3 is 15.8 Å². The number of nitrogens with two attached hydrogens (primary N) is 1. The molecule has 12 heteroatoms. The van der Waals surface area contributed by atoms with Crippen molar-refractivity contribution in [2.24, 2.45) is 10.7 Å². The molecule has 154 valence electrons. The van der Waals surface area contributed by atoms with Gasteiger partial charge >= 0.3 is 6.61 Å². The molecule has 2 aromatic heterocycles. The molecule has 1 fully saturated rings. The lowest BCUT2D eigenvalue weighted by atomic mass is 9.96. The van der Waals surface area contributed by atoms with Gasteiger partial charge in [-0.25, -0.2) is 15.0 Å². The number of pyridine rings is 1. The molecule has 0 unspecified atom stereocenters. The third-order valence-electron chi connectivity index (χ3n) is 4.92. The number of hydrogen-bond acceptors (Lipinski definition) is 9. The van der Waals surface area contributed by atoms with Crippen molar-refractivity contribution in [3.05, 3.63) is 34.4 Å². The van der Waals surface area contributed by atoms with E-state index >= 15 is 0 Å². The molecule has 8 nitrogen and oxygen atoms in total. The van der Waals surface area contributed by atoms with Gasteiger partial charge in [-0.15, -0.1) is 11.3 Å². The van der Waals surface area contributed by atoms with Gasteiger partial charge in [0, 0.05) is 12.4 Å².